The van der Waals surface area contributed by atoms with Gasteiger partial charge < -0.3 is 18.3 Å². The molecule has 2 aromatic heterocycles. The number of carbonyl (C=O) groups excluding carboxylic acids is 2. The maximum absolute atomic E-state index is 12.9. The summed E-state index contributed by atoms with van der Waals surface area (Å²) in [7, 11) is 0. The molecule has 32 heavy (non-hydrogen) atoms. The van der Waals surface area contributed by atoms with E-state index in [9.17, 15) is 9.59 Å². The van der Waals surface area contributed by atoms with E-state index >= 15 is 0 Å². The maximum atomic E-state index is 12.9. The molecule has 8 heteroatoms. The number of rotatable bonds is 8. The molecule has 3 heterocycles. The Balaban J connectivity index is 1.43. The van der Waals surface area contributed by atoms with Crippen molar-refractivity contribution in [2.24, 2.45) is 11.0 Å². The van der Waals surface area contributed by atoms with Crippen molar-refractivity contribution in [2.45, 2.75) is 26.3 Å². The van der Waals surface area contributed by atoms with Gasteiger partial charge in [-0.05, 0) is 48.4 Å². The molecule has 0 N–H and O–H groups in total. The zero-order valence-electron chi connectivity index (χ0n) is 17.9. The van der Waals surface area contributed by atoms with Crippen LogP contribution in [0.3, 0.4) is 0 Å². The van der Waals surface area contributed by atoms with Crippen molar-refractivity contribution >= 4 is 17.6 Å². The van der Waals surface area contributed by atoms with Gasteiger partial charge in [0, 0.05) is 6.42 Å². The average molecular weight is 436 g/mol. The van der Waals surface area contributed by atoms with Crippen LogP contribution in [0, 0.1) is 5.92 Å². The highest BCUT2D eigenvalue weighted by Crippen LogP contribution is 2.33. The normalized spacial score (nSPS) is 15.7. The van der Waals surface area contributed by atoms with Crippen LogP contribution in [-0.2, 0) is 9.53 Å². The van der Waals surface area contributed by atoms with E-state index < -0.39 is 24.5 Å². The van der Waals surface area contributed by atoms with Crippen molar-refractivity contribution in [3.05, 3.63) is 78.1 Å². The van der Waals surface area contributed by atoms with E-state index in [0.29, 0.717) is 47.5 Å². The van der Waals surface area contributed by atoms with Gasteiger partial charge in [0.25, 0.3) is 5.91 Å². The highest BCUT2D eigenvalue weighted by atomic mass is 16.5. The molecular formula is C24H24N2O6. The van der Waals surface area contributed by atoms with E-state index in [2.05, 4.69) is 5.10 Å². The molecule has 0 aliphatic carbocycles. The first kappa shape index (κ1) is 21.4. The Hall–Kier alpha value is -3.81. The van der Waals surface area contributed by atoms with Gasteiger partial charge in [0.1, 0.15) is 29.0 Å². The third kappa shape index (κ3) is 4.91. The van der Waals surface area contributed by atoms with E-state index in [1.54, 1.807) is 54.8 Å². The lowest BCUT2D eigenvalue weighted by Gasteiger charge is -2.19. The minimum absolute atomic E-state index is 0.308. The van der Waals surface area contributed by atoms with Crippen molar-refractivity contribution in [2.75, 3.05) is 13.2 Å². The summed E-state index contributed by atoms with van der Waals surface area (Å²) in [4.78, 5) is 25.4. The quantitative estimate of drug-likeness (QED) is 0.485. The summed E-state index contributed by atoms with van der Waals surface area (Å²) in [6.07, 6.45) is 3.51. The van der Waals surface area contributed by atoms with Crippen LogP contribution in [0.15, 0.2) is 75.0 Å². The maximum Gasteiger partial charge on any atom is 0.338 e. The number of hydrazone groups is 1. The summed E-state index contributed by atoms with van der Waals surface area (Å²) >= 11 is 0. The molecule has 0 saturated carbocycles. The fourth-order valence-corrected chi connectivity index (χ4v) is 3.29. The van der Waals surface area contributed by atoms with Gasteiger partial charge in [-0.2, -0.15) is 5.10 Å². The Morgan fingerprint density at radius 1 is 1.12 bits per heavy atom. The number of ether oxygens (including phenoxy) is 2. The number of hydrogen-bond donors (Lipinski definition) is 0. The van der Waals surface area contributed by atoms with Crippen molar-refractivity contribution in [1.29, 1.82) is 0 Å². The first-order valence-electron chi connectivity index (χ1n) is 10.4. The fraction of sp³-hybridized carbons (Fsp3) is 0.292. The first-order valence-corrected chi connectivity index (χ1v) is 10.4. The number of esters is 1. The molecule has 4 rings (SSSR count). The van der Waals surface area contributed by atoms with E-state index in [1.807, 2.05) is 13.8 Å². The van der Waals surface area contributed by atoms with Gasteiger partial charge in [0.15, 0.2) is 6.61 Å². The molecule has 8 nitrogen and oxygen atoms in total. The predicted molar refractivity (Wildman–Crippen MR) is 115 cm³/mol. The average Bonchev–Trinajstić information content (AvgIpc) is 3.56. The summed E-state index contributed by atoms with van der Waals surface area (Å²) < 4.78 is 21.8. The van der Waals surface area contributed by atoms with Crippen LogP contribution in [-0.4, -0.2) is 35.8 Å². The third-order valence-electron chi connectivity index (χ3n) is 4.82. The van der Waals surface area contributed by atoms with Gasteiger partial charge in [-0.15, -0.1) is 0 Å². The Labute approximate surface area is 185 Å². The number of nitrogens with zero attached hydrogens (tertiary/aromatic N) is 2. The van der Waals surface area contributed by atoms with Crippen LogP contribution in [0.25, 0.3) is 0 Å². The second-order valence-electron chi connectivity index (χ2n) is 7.81. The largest absolute Gasteiger partial charge is 0.493 e. The van der Waals surface area contributed by atoms with Gasteiger partial charge >= 0.3 is 5.97 Å². The highest BCUT2D eigenvalue weighted by Gasteiger charge is 2.36. The van der Waals surface area contributed by atoms with Crippen LogP contribution in [0.4, 0.5) is 0 Å². The Morgan fingerprint density at radius 3 is 2.66 bits per heavy atom. The van der Waals surface area contributed by atoms with Crippen molar-refractivity contribution in [3.8, 4) is 5.75 Å². The SMILES string of the molecule is CC(C)COc1cccc(C(=O)OCC(=O)N2N=C(c3ccco3)C[C@H]2c2ccco2)c1. The van der Waals surface area contributed by atoms with E-state index in [1.165, 1.54) is 11.3 Å². The second-order valence-corrected chi connectivity index (χ2v) is 7.81. The molecule has 166 valence electrons. The Kier molecular flexibility index (Phi) is 6.39. The number of hydrogen-bond acceptors (Lipinski definition) is 7. The molecule has 0 spiro atoms. The molecule has 1 aliphatic heterocycles. The summed E-state index contributed by atoms with van der Waals surface area (Å²) in [5.74, 6) is 1.02. The standard InChI is InChI=1S/C24H24N2O6/c1-16(2)14-31-18-7-3-6-17(12-18)24(28)32-15-23(27)26-20(22-9-5-11-30-22)13-19(25-26)21-8-4-10-29-21/h3-12,16,20H,13-15H2,1-2H3/t20-/m0/s1. The molecule has 0 unspecified atom stereocenters. The topological polar surface area (TPSA) is 94.5 Å². The van der Waals surface area contributed by atoms with Crippen LogP contribution >= 0.6 is 0 Å². The Morgan fingerprint density at radius 2 is 1.94 bits per heavy atom. The van der Waals surface area contributed by atoms with Gasteiger partial charge in [0.05, 0.1) is 24.7 Å². The monoisotopic (exact) mass is 436 g/mol. The van der Waals surface area contributed by atoms with E-state index in [0.717, 1.165) is 0 Å². The van der Waals surface area contributed by atoms with Crippen molar-refractivity contribution in [3.63, 3.8) is 0 Å². The molecule has 0 radical (unpaired) electrons. The van der Waals surface area contributed by atoms with Gasteiger partial charge in [0.2, 0.25) is 0 Å². The third-order valence-corrected chi connectivity index (χ3v) is 4.82. The first-order chi connectivity index (χ1) is 15.5. The molecular weight excluding hydrogens is 412 g/mol. The lowest BCUT2D eigenvalue weighted by Crippen LogP contribution is -2.31. The number of carbonyl (C=O) groups is 2. The smallest absolute Gasteiger partial charge is 0.338 e. The zero-order chi connectivity index (χ0) is 22.5. The summed E-state index contributed by atoms with van der Waals surface area (Å²) in [5.41, 5.74) is 0.925. The predicted octanol–water partition coefficient (Wildman–Crippen LogP) is 4.44. The summed E-state index contributed by atoms with van der Waals surface area (Å²) in [5, 5.41) is 5.69. The number of amides is 1. The van der Waals surface area contributed by atoms with Crippen LogP contribution in [0.1, 0.15) is 48.2 Å². The molecule has 0 bridgehead atoms. The molecule has 1 amide bonds. The Bertz CT molecular complexity index is 1090. The molecule has 1 aliphatic rings. The summed E-state index contributed by atoms with van der Waals surface area (Å²) in [6.45, 7) is 4.16. The van der Waals surface area contributed by atoms with Crippen molar-refractivity contribution < 1.29 is 27.9 Å². The molecule has 0 saturated heterocycles. The number of benzene rings is 1. The highest BCUT2D eigenvalue weighted by molar-refractivity contribution is 6.01. The lowest BCUT2D eigenvalue weighted by atomic mass is 10.1. The second kappa shape index (κ2) is 9.55. The van der Waals surface area contributed by atoms with Gasteiger partial charge in [-0.25, -0.2) is 9.80 Å². The van der Waals surface area contributed by atoms with E-state index in [4.69, 9.17) is 18.3 Å². The van der Waals surface area contributed by atoms with E-state index in [-0.39, 0.29) is 0 Å². The number of furan rings is 2. The zero-order valence-corrected chi connectivity index (χ0v) is 17.9. The minimum atomic E-state index is -0.614. The van der Waals surface area contributed by atoms with Crippen LogP contribution in [0.2, 0.25) is 0 Å². The minimum Gasteiger partial charge on any atom is -0.493 e. The van der Waals surface area contributed by atoms with Gasteiger partial charge in [-0.3, -0.25) is 4.79 Å². The molecule has 1 atom stereocenters. The molecule has 0 fully saturated rings. The molecule has 1 aromatic carbocycles. The molecule has 3 aromatic rings. The summed E-state index contributed by atoms with van der Waals surface area (Å²) in [6, 6.07) is 13.3. The van der Waals surface area contributed by atoms with Gasteiger partial charge in [-0.1, -0.05) is 19.9 Å². The lowest BCUT2D eigenvalue weighted by molar-refractivity contribution is -0.136. The van der Waals surface area contributed by atoms with Crippen LogP contribution < -0.4 is 4.74 Å². The van der Waals surface area contributed by atoms with Crippen molar-refractivity contribution in [1.82, 2.24) is 5.01 Å². The fourth-order valence-electron chi connectivity index (χ4n) is 3.29. The van der Waals surface area contributed by atoms with Crippen LogP contribution in [0.5, 0.6) is 5.75 Å².